The Morgan fingerprint density at radius 2 is 1.00 bits per heavy atom. The fourth-order valence-electron chi connectivity index (χ4n) is 0. The van der Waals surface area contributed by atoms with E-state index < -0.39 is 0 Å². The molecule has 0 nitrogen and oxygen atoms in total. The minimum absolute atomic E-state index is 0. The van der Waals surface area contributed by atoms with Crippen LogP contribution in [0.4, 0.5) is 0 Å². The number of hydrogen-bond donors (Lipinski definition) is 0. The van der Waals surface area contributed by atoms with Gasteiger partial charge in [-0.15, -0.1) is 0 Å². The van der Waals surface area contributed by atoms with Crippen LogP contribution in [0.3, 0.4) is 0 Å². The van der Waals surface area contributed by atoms with Crippen molar-refractivity contribution in [2.24, 2.45) is 0 Å². The number of hydrogen-bond acceptors (Lipinski definition) is 0. The average molecular weight is 308 g/mol. The van der Waals surface area contributed by atoms with Gasteiger partial charge in [0.1, 0.15) is 0 Å². The third kappa shape index (κ3) is 17.6. The van der Waals surface area contributed by atoms with Gasteiger partial charge in [0.25, 0.3) is 0 Å². The van der Waals surface area contributed by atoms with Crippen molar-refractivity contribution < 1.29 is 0 Å². The van der Waals surface area contributed by atoms with E-state index in [-0.39, 0.29) is 165 Å². The first kappa shape index (κ1) is 31.8. The van der Waals surface area contributed by atoms with Crippen molar-refractivity contribution in [3.63, 3.8) is 0 Å². The fraction of sp³-hybridized carbons (Fsp3) is 0. The normalized spacial score (nSPS) is 0. The van der Waals surface area contributed by atoms with E-state index in [0.717, 1.165) is 0 Å². The molecule has 0 rings (SSSR count). The predicted octanol–water partition coefficient (Wildman–Crippen LogP) is -4.58. The van der Waals surface area contributed by atoms with Gasteiger partial charge >= 0.3 is 165 Å². The fourth-order valence-corrected chi connectivity index (χ4v) is 0. The third-order valence-corrected chi connectivity index (χ3v) is 0. The summed E-state index contributed by atoms with van der Waals surface area (Å²) >= 11 is 0. The summed E-state index contributed by atoms with van der Waals surface area (Å²) in [6.07, 6.45) is 0. The molecule has 0 aromatic heterocycles. The Kier molecular flexibility index (Phi) is 145. The Hall–Kier alpha value is 5.25. The van der Waals surface area contributed by atoms with E-state index in [0.29, 0.717) is 0 Å². The van der Waals surface area contributed by atoms with Gasteiger partial charge in [0.2, 0.25) is 0 Å². The second-order valence-corrected chi connectivity index (χ2v) is 0. The Morgan fingerprint density at radius 1 is 1.00 bits per heavy atom. The van der Waals surface area contributed by atoms with Crippen LogP contribution in [0.5, 0.6) is 0 Å². The molecule has 0 aliphatic rings. The number of rotatable bonds is 0. The van der Waals surface area contributed by atoms with Gasteiger partial charge in [-0.2, -0.15) is 0 Å². The van der Waals surface area contributed by atoms with E-state index in [1.807, 2.05) is 0 Å². The van der Waals surface area contributed by atoms with Crippen LogP contribution in [-0.2, 0) is 0 Å². The van der Waals surface area contributed by atoms with Gasteiger partial charge in [-0.3, -0.25) is 0 Å². The van der Waals surface area contributed by atoms with Gasteiger partial charge in [0, 0.05) is 0 Å². The minimum atomic E-state index is 0. The van der Waals surface area contributed by atoms with Crippen LogP contribution in [0.25, 0.3) is 0 Å². The topological polar surface area (TPSA) is 0 Å². The van der Waals surface area contributed by atoms with Crippen LogP contribution in [0.15, 0.2) is 0 Å². The molecule has 0 amide bonds. The quantitative estimate of drug-likeness (QED) is 0.395. The van der Waals surface area contributed by atoms with Crippen molar-refractivity contribution in [2.45, 2.75) is 0 Å². The first-order valence-electron chi connectivity index (χ1n) is 0. The first-order chi connectivity index (χ1) is 0. The standard InChI is InChI=1S/Ba.Be.Ca.Mg.Sr.10H. The Balaban J connectivity index is 0. The molecular formula is H10BaBeCaMgSr. The molecule has 0 heterocycles. The average Bonchev–Trinajstić information content (AvgIpc) is 0. The van der Waals surface area contributed by atoms with E-state index in [2.05, 4.69) is 0 Å². The van der Waals surface area contributed by atoms with Crippen molar-refractivity contribution in [3.8, 4) is 0 Å². The Bertz CT molecular complexity index is 11.6. The molecule has 0 saturated heterocycles. The van der Waals surface area contributed by atoms with E-state index in [4.69, 9.17) is 0 Å². The summed E-state index contributed by atoms with van der Waals surface area (Å²) in [6.45, 7) is 0. The molecule has 0 N–H and O–H groups in total. The zero-order chi connectivity index (χ0) is 0. The van der Waals surface area contributed by atoms with E-state index >= 15 is 0 Å². The van der Waals surface area contributed by atoms with Crippen LogP contribution in [0.1, 0.15) is 0 Å². The van der Waals surface area contributed by atoms with E-state index in [1.165, 1.54) is 0 Å². The van der Waals surface area contributed by atoms with Crippen LogP contribution in [-0.4, -0.2) is 165 Å². The molecule has 5 heavy (non-hydrogen) atoms. The molecule has 0 saturated carbocycles. The molecule has 20 valence electrons. The molecule has 0 aliphatic heterocycles. The van der Waals surface area contributed by atoms with Crippen molar-refractivity contribution in [1.29, 1.82) is 0 Å². The molecule has 0 spiro atoms. The SMILES string of the molecule is [BaH2].[BeH2].[CaH2].[MgH2].[SrH2]. The van der Waals surface area contributed by atoms with Gasteiger partial charge in [-0.05, 0) is 0 Å². The monoisotopic (exact) mass is 309 g/mol. The molecule has 0 aromatic rings. The Morgan fingerprint density at radius 3 is 1.00 bits per heavy atom. The maximum absolute atomic E-state index is 0. The summed E-state index contributed by atoms with van der Waals surface area (Å²) in [5.74, 6) is 0. The van der Waals surface area contributed by atoms with Crippen molar-refractivity contribution >= 4 is 165 Å². The molecule has 0 unspecified atom stereocenters. The van der Waals surface area contributed by atoms with Gasteiger partial charge in [0.15, 0.2) is 0 Å². The zero-order valence-electron chi connectivity index (χ0n) is 0. The zero-order valence-corrected chi connectivity index (χ0v) is 0. The van der Waals surface area contributed by atoms with Crippen LogP contribution >= 0.6 is 0 Å². The van der Waals surface area contributed by atoms with Crippen LogP contribution in [0.2, 0.25) is 0 Å². The summed E-state index contributed by atoms with van der Waals surface area (Å²) < 4.78 is 0. The summed E-state index contributed by atoms with van der Waals surface area (Å²) in [5.41, 5.74) is 0. The van der Waals surface area contributed by atoms with Crippen LogP contribution < -0.4 is 0 Å². The molecule has 0 bridgehead atoms. The van der Waals surface area contributed by atoms with Crippen molar-refractivity contribution in [2.75, 3.05) is 0 Å². The molecule has 0 aromatic carbocycles. The van der Waals surface area contributed by atoms with E-state index in [1.54, 1.807) is 0 Å². The summed E-state index contributed by atoms with van der Waals surface area (Å²) in [5, 5.41) is 0. The molecular weight excluding hydrogens is 298 g/mol. The summed E-state index contributed by atoms with van der Waals surface area (Å²) in [4.78, 5) is 0. The molecule has 0 fully saturated rings. The van der Waals surface area contributed by atoms with Crippen LogP contribution in [0, 0.1) is 0 Å². The Labute approximate surface area is 160 Å². The molecule has 0 aliphatic carbocycles. The molecule has 0 radical (unpaired) electrons. The van der Waals surface area contributed by atoms with Gasteiger partial charge in [-0.25, -0.2) is 0 Å². The van der Waals surface area contributed by atoms with Gasteiger partial charge < -0.3 is 0 Å². The second kappa shape index (κ2) is 22.8. The summed E-state index contributed by atoms with van der Waals surface area (Å²) in [6, 6.07) is 0. The molecule has 5 heteroatoms. The van der Waals surface area contributed by atoms with Crippen molar-refractivity contribution in [1.82, 2.24) is 0 Å². The van der Waals surface area contributed by atoms with E-state index in [9.17, 15) is 0 Å². The summed E-state index contributed by atoms with van der Waals surface area (Å²) in [7, 11) is 0. The third-order valence-electron chi connectivity index (χ3n) is 0. The van der Waals surface area contributed by atoms with Gasteiger partial charge in [-0.1, -0.05) is 0 Å². The van der Waals surface area contributed by atoms with Crippen molar-refractivity contribution in [3.05, 3.63) is 0 Å². The second-order valence-electron chi connectivity index (χ2n) is 0. The predicted molar refractivity (Wildman–Crippen MR) is 42.7 cm³/mol. The first-order valence-corrected chi connectivity index (χ1v) is 0. The molecule has 0 atom stereocenters. The maximum atomic E-state index is 0. The van der Waals surface area contributed by atoms with Gasteiger partial charge in [0.05, 0.1) is 0 Å².